The number of carbonyl (C=O) groups excluding carboxylic acids is 1. The number of carbonyl (C=O) groups is 1. The molecule has 1 amide bonds. The number of pyridine rings is 1. The topological polar surface area (TPSA) is 63.2 Å². The van der Waals surface area contributed by atoms with E-state index in [2.05, 4.69) is 27.8 Å². The van der Waals surface area contributed by atoms with E-state index in [9.17, 15) is 4.79 Å². The summed E-state index contributed by atoms with van der Waals surface area (Å²) in [6, 6.07) is 10.7. The molecule has 1 aliphatic rings. The predicted octanol–water partition coefficient (Wildman–Crippen LogP) is 4.30. The van der Waals surface area contributed by atoms with Crippen LogP contribution in [-0.2, 0) is 11.3 Å². The van der Waals surface area contributed by atoms with Gasteiger partial charge < -0.3 is 15.4 Å². The van der Waals surface area contributed by atoms with Crippen LogP contribution < -0.4 is 15.4 Å². The van der Waals surface area contributed by atoms with Crippen LogP contribution in [0.5, 0.6) is 5.75 Å². The monoisotopic (exact) mass is 439 g/mol. The van der Waals surface area contributed by atoms with Gasteiger partial charge in [0.1, 0.15) is 5.75 Å². The Morgan fingerprint density at radius 2 is 1.79 bits per heavy atom. The molecular weight excluding hydrogens is 409 g/mol. The molecule has 0 radical (unpaired) electrons. The zero-order chi connectivity index (χ0) is 19.2. The summed E-state index contributed by atoms with van der Waals surface area (Å²) in [6.07, 6.45) is 5.84. The quantitative estimate of drug-likeness (QED) is 0.703. The number of hydrogen-bond acceptors (Lipinski definition) is 4. The summed E-state index contributed by atoms with van der Waals surface area (Å²) in [5.41, 5.74) is 4.18. The third-order valence-corrected chi connectivity index (χ3v) is 5.47. The summed E-state index contributed by atoms with van der Waals surface area (Å²) >= 11 is 0. The summed E-state index contributed by atoms with van der Waals surface area (Å²) in [4.78, 5) is 16.8. The number of aromatic nitrogens is 1. The van der Waals surface area contributed by atoms with Crippen LogP contribution in [0.1, 0.15) is 36.9 Å². The Hall–Kier alpha value is -1.82. The van der Waals surface area contributed by atoms with Crippen LogP contribution in [0.2, 0.25) is 0 Å². The van der Waals surface area contributed by atoms with Crippen LogP contribution in [0.4, 0.5) is 0 Å². The molecule has 0 atom stereocenters. The first-order valence-electron chi connectivity index (χ1n) is 9.65. The van der Waals surface area contributed by atoms with Crippen LogP contribution >= 0.6 is 24.8 Å². The molecule has 1 fully saturated rings. The lowest BCUT2D eigenvalue weighted by molar-refractivity contribution is -0.126. The van der Waals surface area contributed by atoms with Gasteiger partial charge >= 0.3 is 0 Å². The Morgan fingerprint density at radius 1 is 1.10 bits per heavy atom. The van der Waals surface area contributed by atoms with E-state index < -0.39 is 0 Å². The molecule has 2 aromatic rings. The molecule has 0 aliphatic heterocycles. The van der Waals surface area contributed by atoms with Gasteiger partial charge in [0.2, 0.25) is 5.91 Å². The summed E-state index contributed by atoms with van der Waals surface area (Å²) in [5, 5.41) is 6.42. The van der Waals surface area contributed by atoms with E-state index in [4.69, 9.17) is 4.74 Å². The number of aryl methyl sites for hydroxylation is 1. The lowest BCUT2D eigenvalue weighted by atomic mass is 9.85. The number of amides is 1. The molecular formula is C22H31Cl2N3O2. The number of nitrogens with zero attached hydrogens (tertiary/aromatic N) is 1. The average Bonchev–Trinajstić information content (AvgIpc) is 2.71. The standard InChI is InChI=1S/C22H29N3O2.2ClH/c1-15-12-18(10-11-24-15)17-6-9-21(27-3)19(13-17)14-25-22(26)16-4-7-20(23-2)8-5-16;;/h6,9-13,16,20,23H,4-5,7-8,14H2,1-3H3,(H,25,26);2*1H. The van der Waals surface area contributed by atoms with Crippen molar-refractivity contribution in [3.63, 3.8) is 0 Å². The Labute approximate surface area is 185 Å². The molecule has 0 spiro atoms. The van der Waals surface area contributed by atoms with Crippen LogP contribution in [0.25, 0.3) is 11.1 Å². The molecule has 0 saturated heterocycles. The second kappa shape index (κ2) is 12.0. The van der Waals surface area contributed by atoms with Crippen molar-refractivity contribution in [1.82, 2.24) is 15.6 Å². The van der Waals surface area contributed by atoms with Crippen LogP contribution in [0, 0.1) is 12.8 Å². The maximum Gasteiger partial charge on any atom is 0.223 e. The molecule has 5 nitrogen and oxygen atoms in total. The molecule has 2 N–H and O–H groups in total. The third kappa shape index (κ3) is 6.59. The minimum Gasteiger partial charge on any atom is -0.496 e. The molecule has 1 aliphatic carbocycles. The number of nitrogens with one attached hydrogen (secondary N) is 2. The van der Waals surface area contributed by atoms with Crippen molar-refractivity contribution in [1.29, 1.82) is 0 Å². The van der Waals surface area contributed by atoms with Crippen molar-refractivity contribution < 1.29 is 9.53 Å². The van der Waals surface area contributed by atoms with E-state index in [0.29, 0.717) is 12.6 Å². The Morgan fingerprint density at radius 3 is 2.41 bits per heavy atom. The lowest BCUT2D eigenvalue weighted by Crippen LogP contribution is -2.37. The molecule has 3 rings (SSSR count). The highest BCUT2D eigenvalue weighted by atomic mass is 35.5. The maximum atomic E-state index is 12.6. The van der Waals surface area contributed by atoms with Crippen LogP contribution in [0.3, 0.4) is 0 Å². The van der Waals surface area contributed by atoms with Gasteiger partial charge in [0.15, 0.2) is 0 Å². The molecule has 0 bridgehead atoms. The van der Waals surface area contributed by atoms with Crippen molar-refractivity contribution in [2.45, 2.75) is 45.2 Å². The highest BCUT2D eigenvalue weighted by molar-refractivity contribution is 5.85. The molecule has 29 heavy (non-hydrogen) atoms. The molecule has 160 valence electrons. The number of rotatable bonds is 6. The van der Waals surface area contributed by atoms with E-state index in [1.165, 1.54) is 0 Å². The van der Waals surface area contributed by atoms with Crippen LogP contribution in [-0.4, -0.2) is 31.1 Å². The van der Waals surface area contributed by atoms with Crippen molar-refractivity contribution in [2.75, 3.05) is 14.2 Å². The largest absolute Gasteiger partial charge is 0.496 e. The van der Waals surface area contributed by atoms with Crippen LogP contribution in [0.15, 0.2) is 36.5 Å². The zero-order valence-electron chi connectivity index (χ0n) is 17.2. The van der Waals surface area contributed by atoms with Gasteiger partial charge in [-0.1, -0.05) is 6.07 Å². The summed E-state index contributed by atoms with van der Waals surface area (Å²) in [7, 11) is 3.66. The van der Waals surface area contributed by atoms with Gasteiger partial charge in [-0.15, -0.1) is 24.8 Å². The molecule has 1 aromatic heterocycles. The fourth-order valence-electron chi connectivity index (χ4n) is 3.79. The zero-order valence-corrected chi connectivity index (χ0v) is 18.9. The maximum absolute atomic E-state index is 12.6. The van der Waals surface area contributed by atoms with Gasteiger partial charge in [-0.2, -0.15) is 0 Å². The lowest BCUT2D eigenvalue weighted by Gasteiger charge is -2.27. The molecule has 1 aromatic carbocycles. The van der Waals surface area contributed by atoms with Gasteiger partial charge in [-0.3, -0.25) is 9.78 Å². The summed E-state index contributed by atoms with van der Waals surface area (Å²) in [6.45, 7) is 2.46. The molecule has 1 heterocycles. The first kappa shape index (κ1) is 25.2. The van der Waals surface area contributed by atoms with Crippen molar-refractivity contribution >= 4 is 30.7 Å². The first-order valence-corrected chi connectivity index (χ1v) is 9.65. The minimum absolute atomic E-state index is 0. The fourth-order valence-corrected chi connectivity index (χ4v) is 3.79. The number of ether oxygens (including phenoxy) is 1. The van der Waals surface area contributed by atoms with E-state index in [0.717, 1.165) is 53.8 Å². The Balaban J connectivity index is 0.00000210. The fraction of sp³-hybridized carbons (Fsp3) is 0.455. The van der Waals surface area contributed by atoms with Crippen molar-refractivity contribution in [2.24, 2.45) is 5.92 Å². The van der Waals surface area contributed by atoms with Crippen molar-refractivity contribution in [3.8, 4) is 16.9 Å². The smallest absolute Gasteiger partial charge is 0.223 e. The summed E-state index contributed by atoms with van der Waals surface area (Å²) < 4.78 is 5.49. The van der Waals surface area contributed by atoms with E-state index >= 15 is 0 Å². The third-order valence-electron chi connectivity index (χ3n) is 5.47. The minimum atomic E-state index is 0. The van der Waals surface area contributed by atoms with Gasteiger partial charge in [-0.05, 0) is 75.0 Å². The molecule has 0 unspecified atom stereocenters. The Kier molecular flexibility index (Phi) is 10.4. The SMILES string of the molecule is CNC1CCC(C(=O)NCc2cc(-c3ccnc(C)c3)ccc2OC)CC1.Cl.Cl. The number of halogens is 2. The highest BCUT2D eigenvalue weighted by Gasteiger charge is 2.25. The van der Waals surface area contributed by atoms with E-state index in [1.807, 2.05) is 38.4 Å². The number of hydrogen-bond donors (Lipinski definition) is 2. The van der Waals surface area contributed by atoms with Crippen molar-refractivity contribution in [3.05, 3.63) is 47.8 Å². The number of methoxy groups -OCH3 is 1. The number of benzene rings is 1. The second-order valence-electron chi connectivity index (χ2n) is 7.27. The van der Waals surface area contributed by atoms with Gasteiger partial charge in [0, 0.05) is 36.0 Å². The van der Waals surface area contributed by atoms with E-state index in [1.54, 1.807) is 7.11 Å². The predicted molar refractivity (Wildman–Crippen MR) is 122 cm³/mol. The second-order valence-corrected chi connectivity index (χ2v) is 7.27. The first-order chi connectivity index (χ1) is 13.1. The normalized spacial score (nSPS) is 18.2. The Bertz CT molecular complexity index is 793. The summed E-state index contributed by atoms with van der Waals surface area (Å²) in [5.74, 6) is 1.06. The van der Waals surface area contributed by atoms with Gasteiger partial charge in [0.05, 0.1) is 7.11 Å². The average molecular weight is 440 g/mol. The molecule has 1 saturated carbocycles. The van der Waals surface area contributed by atoms with E-state index in [-0.39, 0.29) is 36.6 Å². The van der Waals surface area contributed by atoms with Gasteiger partial charge in [0.25, 0.3) is 0 Å². The highest BCUT2D eigenvalue weighted by Crippen LogP contribution is 2.28. The van der Waals surface area contributed by atoms with Gasteiger partial charge in [-0.25, -0.2) is 0 Å². The molecule has 7 heteroatoms.